The van der Waals surface area contributed by atoms with E-state index in [9.17, 15) is 58.8 Å². The Morgan fingerprint density at radius 3 is 1.23 bits per heavy atom. The minimum absolute atomic E-state index is 0.108. The highest BCUT2D eigenvalue weighted by Crippen LogP contribution is 2.46. The third-order valence-corrected chi connectivity index (χ3v) is 16.1. The van der Waals surface area contributed by atoms with E-state index in [-0.39, 0.29) is 125 Å². The van der Waals surface area contributed by atoms with Crippen molar-refractivity contribution in [3.63, 3.8) is 0 Å². The molecule has 2 saturated carbocycles. The molecule has 0 unspecified atom stereocenters. The van der Waals surface area contributed by atoms with Crippen LogP contribution in [0.1, 0.15) is 168 Å². The Kier molecular flexibility index (Phi) is 33.9. The van der Waals surface area contributed by atoms with E-state index in [0.717, 1.165) is 51.4 Å². The lowest BCUT2D eigenvalue weighted by molar-refractivity contribution is -0.133. The fourth-order valence-corrected chi connectivity index (χ4v) is 11.4. The Morgan fingerprint density at radius 2 is 0.831 bits per heavy atom. The Balaban J connectivity index is 1.01. The Morgan fingerprint density at radius 1 is 0.458 bits per heavy atom. The lowest BCUT2D eigenvalue weighted by atomic mass is 9.70. The second-order valence-electron chi connectivity index (χ2n) is 23.6. The van der Waals surface area contributed by atoms with Crippen LogP contribution in [0, 0.1) is 16.7 Å². The summed E-state index contributed by atoms with van der Waals surface area (Å²) >= 11 is 0. The van der Waals surface area contributed by atoms with Crippen molar-refractivity contribution < 1.29 is 87.2 Å². The normalized spacial score (nSPS) is 25.2. The second kappa shape index (κ2) is 39.5. The predicted octanol–water partition coefficient (Wildman–Crippen LogP) is 1.51. The number of amides is 6. The molecule has 0 spiro atoms. The van der Waals surface area contributed by atoms with Gasteiger partial charge in [0.25, 0.3) is 0 Å². The van der Waals surface area contributed by atoms with Crippen molar-refractivity contribution in [2.45, 2.75) is 217 Å². The van der Waals surface area contributed by atoms with Gasteiger partial charge in [0.2, 0.25) is 35.4 Å². The van der Waals surface area contributed by atoms with Gasteiger partial charge < -0.3 is 85.5 Å². The van der Waals surface area contributed by atoms with Gasteiger partial charge in [-0.3, -0.25) is 33.6 Å². The summed E-state index contributed by atoms with van der Waals surface area (Å²) in [4.78, 5) is 97.2. The molecule has 83 heavy (non-hydrogen) atoms. The average molecular weight is 1180 g/mol. The highest BCUT2D eigenvalue weighted by atomic mass is 16.5. The Hall–Kier alpha value is -4.24. The number of aliphatic hydroxyl groups is 4. The molecule has 0 radical (unpaired) electrons. The number of carbonyl (C=O) groups excluding carboxylic acids is 8. The van der Waals surface area contributed by atoms with E-state index in [0.29, 0.717) is 116 Å². The number of hydrogen-bond donors (Lipinski definition) is 10. The molecule has 0 aromatic carbocycles. The molecule has 0 aromatic rings. The van der Waals surface area contributed by atoms with Gasteiger partial charge in [0, 0.05) is 115 Å². The van der Waals surface area contributed by atoms with Crippen LogP contribution in [0.25, 0.3) is 0 Å². The van der Waals surface area contributed by atoms with Crippen LogP contribution in [-0.4, -0.2) is 208 Å². The van der Waals surface area contributed by atoms with E-state index < -0.39 is 59.5 Å². The zero-order valence-corrected chi connectivity index (χ0v) is 49.9. The maximum absolute atomic E-state index is 13.1. The van der Waals surface area contributed by atoms with Crippen LogP contribution >= 0.6 is 0 Å². The van der Waals surface area contributed by atoms with Gasteiger partial charge in [-0.2, -0.15) is 0 Å². The summed E-state index contributed by atoms with van der Waals surface area (Å²) < 4.78 is 35.0. The van der Waals surface area contributed by atoms with Gasteiger partial charge in [-0.25, -0.2) is 0 Å². The first-order valence-corrected chi connectivity index (χ1v) is 30.7. The van der Waals surface area contributed by atoms with Gasteiger partial charge in [-0.15, -0.1) is 0 Å². The molecule has 0 aromatic heterocycles. The lowest BCUT2D eigenvalue weighted by Gasteiger charge is -2.42. The SMILES string of the molecule is CC(=O)CCCCCCCCCCC(=O)CC(COCCC(=O)NCCCNC(=O)CCCCOC[C@@]12CO[C@@H](C1)[C@H](NC(C)=O)[C@@H](O)[C@H]2O)COCCC(=O)NCCCNC(=O)CCCCOC[C@@]12CO[C@@H](C1)[C@H](NC(C)=O)[C@@H](O)[C@H]2O. The maximum Gasteiger partial charge on any atom is 0.222 e. The molecule has 24 nitrogen and oxygen atoms in total. The summed E-state index contributed by atoms with van der Waals surface area (Å²) in [5.74, 6) is -1.17. The smallest absolute Gasteiger partial charge is 0.222 e. The minimum atomic E-state index is -1.16. The molecule has 4 fully saturated rings. The zero-order chi connectivity index (χ0) is 60.5. The molecule has 4 aliphatic rings. The first-order chi connectivity index (χ1) is 39.8. The number of rotatable bonds is 47. The molecule has 4 rings (SSSR count). The van der Waals surface area contributed by atoms with Crippen molar-refractivity contribution in [1.82, 2.24) is 31.9 Å². The van der Waals surface area contributed by atoms with Crippen LogP contribution in [0.5, 0.6) is 0 Å². The van der Waals surface area contributed by atoms with E-state index in [4.69, 9.17) is 28.4 Å². The summed E-state index contributed by atoms with van der Waals surface area (Å²) in [6.07, 6.45) is 9.40. The fourth-order valence-electron chi connectivity index (χ4n) is 11.4. The van der Waals surface area contributed by atoms with Crippen LogP contribution in [0.2, 0.25) is 0 Å². The number of carbonyl (C=O) groups is 8. The largest absolute Gasteiger partial charge is 0.390 e. The number of ketones is 2. The summed E-state index contributed by atoms with van der Waals surface area (Å²) in [7, 11) is 0. The van der Waals surface area contributed by atoms with E-state index >= 15 is 0 Å². The maximum atomic E-state index is 13.1. The molecule has 2 heterocycles. The topological polar surface area (TPSA) is 345 Å². The summed E-state index contributed by atoms with van der Waals surface area (Å²) in [6.45, 7) is 8.10. The van der Waals surface area contributed by atoms with Crippen molar-refractivity contribution in [1.29, 1.82) is 0 Å². The highest BCUT2D eigenvalue weighted by Gasteiger charge is 2.59. The van der Waals surface area contributed by atoms with Crippen molar-refractivity contribution in [2.75, 3.05) is 92.2 Å². The van der Waals surface area contributed by atoms with E-state index in [1.165, 1.54) is 13.8 Å². The molecule has 10 N–H and O–H groups in total. The molecule has 6 amide bonds. The van der Waals surface area contributed by atoms with Crippen molar-refractivity contribution in [2.24, 2.45) is 16.7 Å². The quantitative estimate of drug-likeness (QED) is 0.0386. The molecule has 10 atom stereocenters. The summed E-state index contributed by atoms with van der Waals surface area (Å²) in [5.41, 5.74) is -1.50. The van der Waals surface area contributed by atoms with Gasteiger partial charge in [-0.1, -0.05) is 38.5 Å². The lowest BCUT2D eigenvalue weighted by Crippen LogP contribution is -2.62. The molecule has 24 heteroatoms. The summed E-state index contributed by atoms with van der Waals surface area (Å²) in [6, 6.07) is -1.35. The van der Waals surface area contributed by atoms with Crippen LogP contribution in [-0.2, 0) is 66.8 Å². The highest BCUT2D eigenvalue weighted by molar-refractivity contribution is 5.79. The van der Waals surface area contributed by atoms with Gasteiger partial charge in [0.1, 0.15) is 23.8 Å². The summed E-state index contributed by atoms with van der Waals surface area (Å²) in [5, 5.41) is 59.6. The monoisotopic (exact) mass is 1180 g/mol. The van der Waals surface area contributed by atoms with Gasteiger partial charge >= 0.3 is 0 Å². The number of aliphatic hydroxyl groups excluding tert-OH is 4. The van der Waals surface area contributed by atoms with Crippen LogP contribution in [0.3, 0.4) is 0 Å². The number of Topliss-reactive ketones (excluding diaryl/α,β-unsaturated/α-hetero) is 2. The van der Waals surface area contributed by atoms with E-state index in [2.05, 4.69) is 31.9 Å². The van der Waals surface area contributed by atoms with Crippen molar-refractivity contribution in [3.8, 4) is 0 Å². The van der Waals surface area contributed by atoms with E-state index in [1.807, 2.05) is 0 Å². The van der Waals surface area contributed by atoms with Crippen LogP contribution in [0.15, 0.2) is 0 Å². The Labute approximate surface area is 490 Å². The Bertz CT molecular complexity index is 1880. The second-order valence-corrected chi connectivity index (χ2v) is 23.6. The van der Waals surface area contributed by atoms with Crippen molar-refractivity contribution >= 4 is 47.0 Å². The number of nitrogens with one attached hydrogen (secondary N) is 6. The van der Waals surface area contributed by atoms with Gasteiger partial charge in [0.15, 0.2) is 0 Å². The molecular formula is C59H102N6O18. The molecular weight excluding hydrogens is 1080 g/mol. The van der Waals surface area contributed by atoms with Crippen LogP contribution in [0.4, 0.5) is 0 Å². The number of fused-ring (bicyclic) bond motifs is 4. The molecule has 2 aliphatic heterocycles. The standard InChI is InChI=1S/C59H102N6O18/c1-41(66)18-10-8-6-4-5-7-9-11-19-45(69)32-44(35-78-30-22-50(72)62-26-16-24-60-48(70)20-12-14-28-80-37-58-33-46(82-39-58)52(64-42(2)67)54(74)56(58)76)36-79-31-23-51(73)63-27-17-25-61-49(71)21-13-15-29-81-38-59-34-47(83-40-59)53(65-43(3)68)55(75)57(59)77/h44,46-47,52-57,74-77H,4-40H2,1-3H3,(H,60,70)(H,61,71)(H,62,72)(H,63,73)(H,64,67)(H,65,68)/t46-,47-,52-,53-,54+,55+,56+,57+,58+,59+/m0/s1. The van der Waals surface area contributed by atoms with Gasteiger partial charge in [-0.05, 0) is 71.1 Å². The third kappa shape index (κ3) is 26.9. The molecule has 476 valence electrons. The number of unbranched alkanes of at least 4 members (excludes halogenated alkanes) is 9. The minimum Gasteiger partial charge on any atom is -0.390 e. The number of ether oxygens (including phenoxy) is 6. The molecule has 4 bridgehead atoms. The van der Waals surface area contributed by atoms with Crippen molar-refractivity contribution in [3.05, 3.63) is 0 Å². The molecule has 2 aliphatic carbocycles. The molecule has 2 saturated heterocycles. The van der Waals surface area contributed by atoms with E-state index in [1.54, 1.807) is 6.92 Å². The number of hydrogen-bond acceptors (Lipinski definition) is 18. The fraction of sp³-hybridized carbons (Fsp3) is 0.864. The predicted molar refractivity (Wildman–Crippen MR) is 304 cm³/mol. The first kappa shape index (κ1) is 71.2. The average Bonchev–Trinajstić information content (AvgIpc) is 3.54. The first-order valence-electron chi connectivity index (χ1n) is 30.7. The zero-order valence-electron chi connectivity index (χ0n) is 49.9. The third-order valence-electron chi connectivity index (χ3n) is 16.1. The van der Waals surface area contributed by atoms with Gasteiger partial charge in [0.05, 0.1) is 89.4 Å². The van der Waals surface area contributed by atoms with Crippen LogP contribution < -0.4 is 31.9 Å².